The van der Waals surface area contributed by atoms with Crippen LogP contribution in [0.4, 0.5) is 0 Å². The Morgan fingerprint density at radius 1 is 1.18 bits per heavy atom. The van der Waals surface area contributed by atoms with E-state index in [4.69, 9.17) is 0 Å². The molecule has 0 bridgehead atoms. The van der Waals surface area contributed by atoms with E-state index >= 15 is 0 Å². The van der Waals surface area contributed by atoms with Gasteiger partial charge in [0.05, 0.1) is 5.60 Å². The van der Waals surface area contributed by atoms with E-state index in [9.17, 15) is 5.11 Å². The molecular formula is C9H13KO. The van der Waals surface area contributed by atoms with Crippen LogP contribution in [0.2, 0.25) is 0 Å². The van der Waals surface area contributed by atoms with Gasteiger partial charge in [0.2, 0.25) is 0 Å². The molecule has 0 aliphatic carbocycles. The number of hydrogen-bond acceptors (Lipinski definition) is 1. The largest absolute Gasteiger partial charge is 1.00 e. The third kappa shape index (κ3) is 3.83. The molecule has 0 heterocycles. The van der Waals surface area contributed by atoms with Crippen LogP contribution in [0.3, 0.4) is 0 Å². The Hall–Kier alpha value is 0.816. The second-order valence-electron chi connectivity index (χ2n) is 2.93. The molecule has 0 radical (unpaired) electrons. The molecule has 2 heteroatoms. The fourth-order valence-electron chi connectivity index (χ4n) is 0.846. The standard InChI is InChI=1S/C9H12O.K.H/c1-9(2,10)8-6-4-3-5-7-8;;/h3-7,10H,1-2H3;;/q;+1;-1. The molecule has 0 atom stereocenters. The van der Waals surface area contributed by atoms with Crippen LogP contribution in [0.15, 0.2) is 30.3 Å². The molecule has 1 aromatic carbocycles. The summed E-state index contributed by atoms with van der Waals surface area (Å²) in [6.45, 7) is 3.56. The molecule has 1 N–H and O–H groups in total. The third-order valence-corrected chi connectivity index (χ3v) is 1.48. The van der Waals surface area contributed by atoms with E-state index in [0.717, 1.165) is 5.56 Å². The van der Waals surface area contributed by atoms with Crippen molar-refractivity contribution in [2.75, 3.05) is 0 Å². The Morgan fingerprint density at radius 3 is 1.91 bits per heavy atom. The smallest absolute Gasteiger partial charge is 1.00 e. The molecule has 0 unspecified atom stereocenters. The van der Waals surface area contributed by atoms with Gasteiger partial charge in [0.15, 0.2) is 0 Å². The zero-order valence-electron chi connectivity index (χ0n) is 8.33. The van der Waals surface area contributed by atoms with Crippen molar-refractivity contribution >= 4 is 0 Å². The molecule has 0 aliphatic rings. The van der Waals surface area contributed by atoms with Crippen LogP contribution in [0, 0.1) is 0 Å². The minimum Gasteiger partial charge on any atom is -1.00 e. The normalized spacial score (nSPS) is 10.5. The second-order valence-corrected chi connectivity index (χ2v) is 2.93. The molecule has 56 valence electrons. The van der Waals surface area contributed by atoms with Gasteiger partial charge in [-0.2, -0.15) is 0 Å². The minimum atomic E-state index is -0.707. The zero-order chi connectivity index (χ0) is 7.61. The topological polar surface area (TPSA) is 20.2 Å². The molecular weight excluding hydrogens is 163 g/mol. The van der Waals surface area contributed by atoms with Gasteiger partial charge in [-0.25, -0.2) is 0 Å². The van der Waals surface area contributed by atoms with E-state index in [2.05, 4.69) is 0 Å². The minimum absolute atomic E-state index is 0. The van der Waals surface area contributed by atoms with Gasteiger partial charge in [-0.05, 0) is 19.4 Å². The molecule has 0 aromatic heterocycles. The van der Waals surface area contributed by atoms with Crippen molar-refractivity contribution in [1.82, 2.24) is 0 Å². The van der Waals surface area contributed by atoms with Crippen molar-refractivity contribution in [2.45, 2.75) is 19.4 Å². The average molecular weight is 176 g/mol. The summed E-state index contributed by atoms with van der Waals surface area (Å²) in [6, 6.07) is 9.62. The number of benzene rings is 1. The van der Waals surface area contributed by atoms with Crippen molar-refractivity contribution in [3.05, 3.63) is 35.9 Å². The van der Waals surface area contributed by atoms with Gasteiger partial charge >= 0.3 is 51.4 Å². The average Bonchev–Trinajstić information content (AvgIpc) is 1.88. The third-order valence-electron chi connectivity index (χ3n) is 1.48. The fourth-order valence-corrected chi connectivity index (χ4v) is 0.846. The predicted molar refractivity (Wildman–Crippen MR) is 42.8 cm³/mol. The first-order valence-corrected chi connectivity index (χ1v) is 3.38. The molecule has 1 aromatic rings. The summed E-state index contributed by atoms with van der Waals surface area (Å²) in [6.07, 6.45) is 0. The van der Waals surface area contributed by atoms with E-state index in [1.54, 1.807) is 13.8 Å². The van der Waals surface area contributed by atoms with Crippen LogP contribution in [0.5, 0.6) is 0 Å². The van der Waals surface area contributed by atoms with Gasteiger partial charge in [0.1, 0.15) is 0 Å². The maximum absolute atomic E-state index is 9.49. The van der Waals surface area contributed by atoms with Crippen LogP contribution in [-0.4, -0.2) is 5.11 Å². The van der Waals surface area contributed by atoms with E-state index in [-0.39, 0.29) is 52.8 Å². The Labute approximate surface area is 112 Å². The number of hydrogen-bond donors (Lipinski definition) is 1. The van der Waals surface area contributed by atoms with Gasteiger partial charge in [-0.1, -0.05) is 30.3 Å². The van der Waals surface area contributed by atoms with Crippen molar-refractivity contribution in [2.24, 2.45) is 0 Å². The summed E-state index contributed by atoms with van der Waals surface area (Å²) < 4.78 is 0. The molecule has 11 heavy (non-hydrogen) atoms. The van der Waals surface area contributed by atoms with Gasteiger partial charge in [0.25, 0.3) is 0 Å². The summed E-state index contributed by atoms with van der Waals surface area (Å²) in [7, 11) is 0. The molecule has 1 nitrogen and oxygen atoms in total. The number of aliphatic hydroxyl groups is 1. The van der Waals surface area contributed by atoms with Crippen LogP contribution < -0.4 is 51.4 Å². The van der Waals surface area contributed by atoms with Crippen LogP contribution >= 0.6 is 0 Å². The maximum atomic E-state index is 9.49. The molecule has 1 rings (SSSR count). The van der Waals surface area contributed by atoms with Crippen LogP contribution in [0.25, 0.3) is 0 Å². The summed E-state index contributed by atoms with van der Waals surface area (Å²) in [5.41, 5.74) is 0.247. The van der Waals surface area contributed by atoms with Crippen molar-refractivity contribution in [3.8, 4) is 0 Å². The molecule has 0 spiro atoms. The van der Waals surface area contributed by atoms with Crippen molar-refractivity contribution in [1.29, 1.82) is 0 Å². The molecule has 0 saturated carbocycles. The number of rotatable bonds is 1. The fraction of sp³-hybridized carbons (Fsp3) is 0.333. The van der Waals surface area contributed by atoms with E-state index < -0.39 is 5.60 Å². The molecule has 0 fully saturated rings. The van der Waals surface area contributed by atoms with Crippen molar-refractivity contribution < 1.29 is 57.9 Å². The van der Waals surface area contributed by atoms with Gasteiger partial charge < -0.3 is 6.53 Å². The van der Waals surface area contributed by atoms with Gasteiger partial charge in [-0.3, -0.25) is 0 Å². The van der Waals surface area contributed by atoms with Crippen molar-refractivity contribution in [3.63, 3.8) is 0 Å². The Bertz CT molecular complexity index is 206. The molecule has 0 amide bonds. The van der Waals surface area contributed by atoms with Gasteiger partial charge in [0, 0.05) is 0 Å². The Kier molecular flexibility index (Phi) is 5.10. The quantitative estimate of drug-likeness (QED) is 0.546. The summed E-state index contributed by atoms with van der Waals surface area (Å²) in [4.78, 5) is 0. The summed E-state index contributed by atoms with van der Waals surface area (Å²) >= 11 is 0. The van der Waals surface area contributed by atoms with Crippen LogP contribution in [0.1, 0.15) is 20.8 Å². The predicted octanol–water partition coefficient (Wildman–Crippen LogP) is -0.970. The van der Waals surface area contributed by atoms with E-state index in [0.29, 0.717) is 0 Å². The van der Waals surface area contributed by atoms with Gasteiger partial charge in [-0.15, -0.1) is 0 Å². The Balaban J connectivity index is 0. The first-order valence-electron chi connectivity index (χ1n) is 3.38. The Morgan fingerprint density at radius 2 is 1.64 bits per heavy atom. The summed E-state index contributed by atoms with van der Waals surface area (Å²) in [5.74, 6) is 0. The molecule has 0 saturated heterocycles. The zero-order valence-corrected chi connectivity index (χ0v) is 10.5. The molecule has 0 aliphatic heterocycles. The maximum Gasteiger partial charge on any atom is 1.00 e. The second kappa shape index (κ2) is 4.75. The van der Waals surface area contributed by atoms with E-state index in [1.165, 1.54) is 0 Å². The monoisotopic (exact) mass is 176 g/mol. The van der Waals surface area contributed by atoms with E-state index in [1.807, 2.05) is 30.3 Å². The SMILES string of the molecule is CC(C)(O)c1ccccc1.[H-].[K+]. The van der Waals surface area contributed by atoms with Crippen LogP contribution in [-0.2, 0) is 5.60 Å². The first-order chi connectivity index (χ1) is 4.61. The first kappa shape index (κ1) is 11.8. The summed E-state index contributed by atoms with van der Waals surface area (Å²) in [5, 5.41) is 9.49.